The van der Waals surface area contributed by atoms with E-state index in [2.05, 4.69) is 0 Å². The molecule has 0 spiro atoms. The summed E-state index contributed by atoms with van der Waals surface area (Å²) in [6.07, 6.45) is -4.80. The van der Waals surface area contributed by atoms with Crippen LogP contribution in [0.4, 0.5) is 13.2 Å². The summed E-state index contributed by atoms with van der Waals surface area (Å²) in [4.78, 5) is 8.68. The highest BCUT2D eigenvalue weighted by molar-refractivity contribution is 4.34. The third kappa shape index (κ3) is 5.19. The maximum atomic E-state index is 10.6. The molecule has 0 N–H and O–H groups in total. The molecule has 0 heterocycles. The molecule has 0 atom stereocenters. The molecule has 0 fully saturated rings. The summed E-state index contributed by atoms with van der Waals surface area (Å²) in [5.41, 5.74) is 1.33. The Labute approximate surface area is 36.5 Å². The van der Waals surface area contributed by atoms with Crippen molar-refractivity contribution in [2.24, 2.45) is 5.29 Å². The van der Waals surface area contributed by atoms with Gasteiger partial charge in [-0.1, -0.05) is 0 Å². The summed E-state index contributed by atoms with van der Waals surface area (Å²) < 4.78 is 31.8. The van der Waals surface area contributed by atoms with Crippen LogP contribution in [0.5, 0.6) is 0 Å². The Hall–Kier alpha value is -0.810. The number of nitrogens with zero attached hydrogens (tertiary/aromatic N) is 2. The fourth-order valence-electron chi connectivity index (χ4n) is 0.0463. The lowest BCUT2D eigenvalue weighted by molar-refractivity contribution is -0.160. The molecule has 1 radical (unpaired) electrons. The molecule has 0 saturated carbocycles. The highest BCUT2D eigenvalue weighted by Crippen LogP contribution is 2.10. The molecule has 0 rings (SSSR count). The normalized spacial score (nSPS) is 10.7. The summed E-state index contributed by atoms with van der Waals surface area (Å²) >= 11 is 0. The maximum absolute atomic E-state index is 10.6. The van der Waals surface area contributed by atoms with E-state index >= 15 is 0 Å². The minimum atomic E-state index is -4.80. The summed E-state index contributed by atoms with van der Waals surface area (Å²) in [6.45, 7) is 0. The molecule has 7 heavy (non-hydrogen) atoms. The second-order valence-electron chi connectivity index (χ2n) is 0.649. The molecular formula is CF3N2O. The van der Waals surface area contributed by atoms with Crippen molar-refractivity contribution < 1.29 is 13.2 Å². The zero-order chi connectivity index (χ0) is 5.91. The first-order chi connectivity index (χ1) is 3.06. The van der Waals surface area contributed by atoms with Crippen molar-refractivity contribution in [3.8, 4) is 0 Å². The van der Waals surface area contributed by atoms with Gasteiger partial charge in [0.25, 0.3) is 0 Å². The fourth-order valence-corrected chi connectivity index (χ4v) is 0.0463. The molecule has 41 valence electrons. The Balaban J connectivity index is 3.34. The molecule has 0 aromatic heterocycles. The summed E-state index contributed by atoms with van der Waals surface area (Å²) in [5.74, 6) is 0. The number of rotatable bonds is 1. The second kappa shape index (κ2) is 1.76. The first-order valence-corrected chi connectivity index (χ1v) is 1.17. The van der Waals surface area contributed by atoms with E-state index in [0.717, 1.165) is 0 Å². The Morgan fingerprint density at radius 2 is 1.71 bits per heavy atom. The van der Waals surface area contributed by atoms with Gasteiger partial charge in [-0.05, 0) is 5.43 Å². The Morgan fingerprint density at radius 1 is 1.29 bits per heavy atom. The Morgan fingerprint density at radius 3 is 1.71 bits per heavy atom. The largest absolute Gasteiger partial charge is 0.523 e. The molecule has 0 unspecified atom stereocenters. The lowest BCUT2D eigenvalue weighted by Gasteiger charge is -1.93. The molecule has 0 aliphatic heterocycles. The third-order valence-corrected chi connectivity index (χ3v) is 0.154. The lowest BCUT2D eigenvalue weighted by atomic mass is 11.2. The topological polar surface area (TPSA) is 43.5 Å². The van der Waals surface area contributed by atoms with E-state index < -0.39 is 6.30 Å². The van der Waals surface area contributed by atoms with Gasteiger partial charge >= 0.3 is 6.30 Å². The van der Waals surface area contributed by atoms with Crippen molar-refractivity contribution in [3.05, 3.63) is 4.91 Å². The first kappa shape index (κ1) is 6.19. The van der Waals surface area contributed by atoms with Crippen molar-refractivity contribution in [1.82, 2.24) is 5.43 Å². The molecule has 0 aromatic rings. The van der Waals surface area contributed by atoms with Crippen LogP contribution in [0.3, 0.4) is 0 Å². The molecule has 0 aliphatic carbocycles. The van der Waals surface area contributed by atoms with Crippen LogP contribution in [0.2, 0.25) is 0 Å². The van der Waals surface area contributed by atoms with Gasteiger partial charge in [0.05, 0.1) is 5.29 Å². The molecule has 0 bridgehead atoms. The van der Waals surface area contributed by atoms with Crippen molar-refractivity contribution in [2.45, 2.75) is 6.30 Å². The fraction of sp³-hybridized carbons (Fsp3) is 1.00. The summed E-state index contributed by atoms with van der Waals surface area (Å²) in [5, 5.41) is 1.26. The number of alkyl halides is 3. The van der Waals surface area contributed by atoms with E-state index in [1.807, 2.05) is 0 Å². The lowest BCUT2D eigenvalue weighted by Crippen LogP contribution is -2.17. The van der Waals surface area contributed by atoms with Crippen LogP contribution in [0.15, 0.2) is 5.29 Å². The summed E-state index contributed by atoms with van der Waals surface area (Å²) in [6, 6.07) is 0. The van der Waals surface area contributed by atoms with Crippen LogP contribution in [-0.4, -0.2) is 6.30 Å². The van der Waals surface area contributed by atoms with Gasteiger partial charge in [-0.3, -0.25) is 0 Å². The quantitative estimate of drug-likeness (QED) is 0.281. The Bertz CT molecular complexity index is 67.8. The minimum Gasteiger partial charge on any atom is -0.147 e. The van der Waals surface area contributed by atoms with Gasteiger partial charge < -0.3 is 0 Å². The molecule has 0 amide bonds. The zero-order valence-corrected chi connectivity index (χ0v) is 2.94. The molecule has 3 nitrogen and oxygen atoms in total. The SMILES string of the molecule is O=N[N]C(F)(F)F. The van der Waals surface area contributed by atoms with E-state index in [9.17, 15) is 13.2 Å². The van der Waals surface area contributed by atoms with Crippen LogP contribution in [0.1, 0.15) is 0 Å². The van der Waals surface area contributed by atoms with E-state index in [1.165, 1.54) is 10.7 Å². The minimum absolute atomic E-state index is 1.26. The van der Waals surface area contributed by atoms with Crippen LogP contribution < -0.4 is 5.43 Å². The average Bonchev–Trinajstić information content (AvgIpc) is 1.30. The predicted molar refractivity (Wildman–Crippen MR) is 14.0 cm³/mol. The Kier molecular flexibility index (Phi) is 1.56. The predicted octanol–water partition coefficient (Wildman–Crippen LogP) is 0.792. The van der Waals surface area contributed by atoms with Crippen molar-refractivity contribution in [3.63, 3.8) is 0 Å². The average molecular weight is 113 g/mol. The van der Waals surface area contributed by atoms with Gasteiger partial charge in [0.15, 0.2) is 0 Å². The van der Waals surface area contributed by atoms with Crippen molar-refractivity contribution in [1.29, 1.82) is 0 Å². The van der Waals surface area contributed by atoms with Gasteiger partial charge in [-0.2, -0.15) is 0 Å². The monoisotopic (exact) mass is 113 g/mol. The number of halogens is 3. The van der Waals surface area contributed by atoms with Crippen LogP contribution >= 0.6 is 0 Å². The standard InChI is InChI=1S/CF3N2O/c2-1(3,4)5-6-7. The van der Waals surface area contributed by atoms with Gasteiger partial charge in [-0.25, -0.2) is 0 Å². The molecule has 0 aromatic carbocycles. The van der Waals surface area contributed by atoms with E-state index in [4.69, 9.17) is 4.91 Å². The maximum Gasteiger partial charge on any atom is 0.523 e. The molecule has 6 heteroatoms. The number of hydrogen-bond donors (Lipinski definition) is 0. The molecule has 0 saturated heterocycles. The van der Waals surface area contributed by atoms with E-state index in [-0.39, 0.29) is 0 Å². The number of nitroso groups, excluding NO2 is 1. The number of hydrogen-bond acceptors (Lipinski definition) is 2. The highest BCUT2D eigenvalue weighted by Gasteiger charge is 2.30. The van der Waals surface area contributed by atoms with Crippen LogP contribution in [-0.2, 0) is 0 Å². The second-order valence-corrected chi connectivity index (χ2v) is 0.649. The van der Waals surface area contributed by atoms with Crippen LogP contribution in [0.25, 0.3) is 0 Å². The smallest absolute Gasteiger partial charge is 0.147 e. The van der Waals surface area contributed by atoms with Crippen molar-refractivity contribution in [2.75, 3.05) is 0 Å². The first-order valence-electron chi connectivity index (χ1n) is 1.17. The van der Waals surface area contributed by atoms with Gasteiger partial charge in [-0.15, -0.1) is 18.1 Å². The van der Waals surface area contributed by atoms with E-state index in [0.29, 0.717) is 0 Å². The van der Waals surface area contributed by atoms with Gasteiger partial charge in [0.2, 0.25) is 0 Å². The third-order valence-electron chi connectivity index (χ3n) is 0.154. The van der Waals surface area contributed by atoms with Gasteiger partial charge in [0, 0.05) is 0 Å². The molecular weight excluding hydrogens is 113 g/mol. The van der Waals surface area contributed by atoms with Crippen molar-refractivity contribution >= 4 is 0 Å². The van der Waals surface area contributed by atoms with E-state index in [1.54, 1.807) is 0 Å². The zero-order valence-electron chi connectivity index (χ0n) is 2.94. The van der Waals surface area contributed by atoms with Crippen LogP contribution in [0, 0.1) is 4.91 Å². The molecule has 0 aliphatic rings. The highest BCUT2D eigenvalue weighted by atomic mass is 19.4. The van der Waals surface area contributed by atoms with Gasteiger partial charge in [0.1, 0.15) is 0 Å². The summed E-state index contributed by atoms with van der Waals surface area (Å²) in [7, 11) is 0.